The van der Waals surface area contributed by atoms with Crippen LogP contribution < -0.4 is 5.69 Å². The quantitative estimate of drug-likeness (QED) is 0.277. The highest BCUT2D eigenvalue weighted by atomic mass is 19.1. The number of halogens is 2. The number of carbonyl (C=O) groups excluding carboxylic acids is 1. The highest BCUT2D eigenvalue weighted by Crippen LogP contribution is 2.25. The van der Waals surface area contributed by atoms with Gasteiger partial charge in [-0.2, -0.15) is 4.68 Å². The Bertz CT molecular complexity index is 1470. The van der Waals surface area contributed by atoms with Gasteiger partial charge in [0.1, 0.15) is 22.9 Å². The Labute approximate surface area is 226 Å². The largest absolute Gasteiger partial charge is 0.456 e. The number of rotatable bonds is 8. The van der Waals surface area contributed by atoms with E-state index in [9.17, 15) is 14.0 Å². The summed E-state index contributed by atoms with van der Waals surface area (Å²) in [6, 6.07) is 21.0. The highest BCUT2D eigenvalue weighted by Gasteiger charge is 2.27. The predicted molar refractivity (Wildman–Crippen MR) is 144 cm³/mol. The van der Waals surface area contributed by atoms with Gasteiger partial charge in [0.25, 0.3) is 0 Å². The van der Waals surface area contributed by atoms with Crippen molar-refractivity contribution in [2.75, 3.05) is 0 Å². The van der Waals surface area contributed by atoms with Gasteiger partial charge >= 0.3 is 11.7 Å². The molecule has 4 aromatic rings. The Morgan fingerprint density at radius 1 is 0.949 bits per heavy atom. The lowest BCUT2D eigenvalue weighted by Gasteiger charge is -2.28. The number of hydrogen-bond donors (Lipinski definition) is 0. The summed E-state index contributed by atoms with van der Waals surface area (Å²) in [4.78, 5) is 27.7. The van der Waals surface area contributed by atoms with E-state index in [0.717, 1.165) is 27.9 Å². The lowest BCUT2D eigenvalue weighted by Crippen LogP contribution is -2.29. The van der Waals surface area contributed by atoms with Crippen LogP contribution >= 0.6 is 0 Å². The van der Waals surface area contributed by atoms with Crippen molar-refractivity contribution in [1.29, 1.82) is 0 Å². The molecule has 0 saturated carbocycles. The lowest BCUT2D eigenvalue weighted by molar-refractivity contribution is 0.00641. The van der Waals surface area contributed by atoms with Gasteiger partial charge in [-0.25, -0.2) is 18.4 Å². The SMILES string of the molecule is CC(c1nn(-c2cc(F)c(C(=O)OC(C)(C)C)cc2F)c(=O)n1C)N(Cc1ccccc1)Cc1ccccc1. The predicted octanol–water partition coefficient (Wildman–Crippen LogP) is 5.57. The van der Waals surface area contributed by atoms with E-state index in [0.29, 0.717) is 18.9 Å². The fourth-order valence-corrected chi connectivity index (χ4v) is 4.29. The van der Waals surface area contributed by atoms with Crippen molar-refractivity contribution in [1.82, 2.24) is 19.2 Å². The summed E-state index contributed by atoms with van der Waals surface area (Å²) in [5.41, 5.74) is -0.310. The van der Waals surface area contributed by atoms with Gasteiger partial charge in [-0.3, -0.25) is 9.47 Å². The molecule has 0 bridgehead atoms. The Hall–Kier alpha value is -4.11. The molecule has 0 aliphatic rings. The number of hydrogen-bond acceptors (Lipinski definition) is 5. The maximum absolute atomic E-state index is 15.2. The van der Waals surface area contributed by atoms with Crippen LogP contribution in [0.5, 0.6) is 0 Å². The number of ether oxygens (including phenoxy) is 1. The van der Waals surface area contributed by atoms with Crippen molar-refractivity contribution in [3.63, 3.8) is 0 Å². The van der Waals surface area contributed by atoms with E-state index in [2.05, 4.69) is 10.00 Å². The van der Waals surface area contributed by atoms with Crippen molar-refractivity contribution in [3.05, 3.63) is 117 Å². The van der Waals surface area contributed by atoms with Crippen LogP contribution in [0.4, 0.5) is 8.78 Å². The maximum atomic E-state index is 15.2. The van der Waals surface area contributed by atoms with Crippen molar-refractivity contribution < 1.29 is 18.3 Å². The first-order valence-electron chi connectivity index (χ1n) is 12.6. The molecule has 3 aromatic carbocycles. The van der Waals surface area contributed by atoms with Gasteiger partial charge < -0.3 is 4.74 Å². The molecule has 204 valence electrons. The van der Waals surface area contributed by atoms with E-state index >= 15 is 4.39 Å². The monoisotopic (exact) mass is 534 g/mol. The smallest absolute Gasteiger partial charge is 0.350 e. The standard InChI is InChI=1S/C30H32F2N4O3/c1-20(35(18-21-12-8-6-9-13-21)19-22-14-10-7-11-15-22)27-33-36(29(38)34(27)5)26-17-24(31)23(16-25(26)32)28(37)39-30(2,3)4/h6-17,20H,18-19H2,1-5H3. The minimum absolute atomic E-state index is 0.363. The summed E-state index contributed by atoms with van der Waals surface area (Å²) in [5, 5.41) is 4.42. The molecule has 0 aliphatic heterocycles. The molecule has 1 unspecified atom stereocenters. The lowest BCUT2D eigenvalue weighted by atomic mass is 10.1. The average Bonchev–Trinajstić information content (AvgIpc) is 3.18. The maximum Gasteiger partial charge on any atom is 0.350 e. The highest BCUT2D eigenvalue weighted by molar-refractivity contribution is 5.90. The van der Waals surface area contributed by atoms with Crippen LogP contribution in [0.25, 0.3) is 5.69 Å². The number of carbonyl (C=O) groups is 1. The summed E-state index contributed by atoms with van der Waals surface area (Å²) in [6.45, 7) is 7.95. The molecule has 1 atom stereocenters. The van der Waals surface area contributed by atoms with E-state index in [1.807, 2.05) is 67.6 Å². The van der Waals surface area contributed by atoms with Crippen LogP contribution in [0, 0.1) is 11.6 Å². The van der Waals surface area contributed by atoms with Crippen LogP contribution in [0.2, 0.25) is 0 Å². The van der Waals surface area contributed by atoms with E-state index in [1.165, 1.54) is 4.57 Å². The van der Waals surface area contributed by atoms with E-state index in [1.54, 1.807) is 27.8 Å². The Morgan fingerprint density at radius 3 is 2.00 bits per heavy atom. The minimum Gasteiger partial charge on any atom is -0.456 e. The van der Waals surface area contributed by atoms with Gasteiger partial charge in [0, 0.05) is 26.2 Å². The van der Waals surface area contributed by atoms with E-state index in [-0.39, 0.29) is 6.04 Å². The van der Waals surface area contributed by atoms with Gasteiger partial charge in [0.15, 0.2) is 5.82 Å². The molecular weight excluding hydrogens is 502 g/mol. The van der Waals surface area contributed by atoms with Crippen LogP contribution in [0.15, 0.2) is 77.6 Å². The Kier molecular flexibility index (Phi) is 8.11. The second-order valence-electron chi connectivity index (χ2n) is 10.4. The molecule has 0 radical (unpaired) electrons. The van der Waals surface area contributed by atoms with Gasteiger partial charge in [-0.1, -0.05) is 60.7 Å². The van der Waals surface area contributed by atoms with Crippen molar-refractivity contribution >= 4 is 5.97 Å². The third kappa shape index (κ3) is 6.49. The zero-order valence-corrected chi connectivity index (χ0v) is 22.7. The fourth-order valence-electron chi connectivity index (χ4n) is 4.29. The summed E-state index contributed by atoms with van der Waals surface area (Å²) in [6.07, 6.45) is 0. The minimum atomic E-state index is -1.01. The number of nitrogens with zero attached hydrogens (tertiary/aromatic N) is 4. The van der Waals surface area contributed by atoms with Crippen molar-refractivity contribution in [2.45, 2.75) is 52.4 Å². The molecule has 7 nitrogen and oxygen atoms in total. The summed E-state index contributed by atoms with van der Waals surface area (Å²) >= 11 is 0. The van der Waals surface area contributed by atoms with Gasteiger partial charge in [-0.05, 0) is 44.9 Å². The molecule has 0 amide bonds. The van der Waals surface area contributed by atoms with E-state index < -0.39 is 40.1 Å². The molecule has 0 aliphatic carbocycles. The van der Waals surface area contributed by atoms with Crippen molar-refractivity contribution in [3.8, 4) is 5.69 Å². The second-order valence-corrected chi connectivity index (χ2v) is 10.4. The van der Waals surface area contributed by atoms with Crippen LogP contribution in [-0.2, 0) is 24.9 Å². The van der Waals surface area contributed by atoms with Gasteiger partial charge in [-0.15, -0.1) is 5.10 Å². The van der Waals surface area contributed by atoms with Crippen molar-refractivity contribution in [2.24, 2.45) is 7.05 Å². The van der Waals surface area contributed by atoms with E-state index in [4.69, 9.17) is 4.74 Å². The third-order valence-corrected chi connectivity index (χ3v) is 6.28. The van der Waals surface area contributed by atoms with Gasteiger partial charge in [0.05, 0.1) is 11.6 Å². The normalized spacial score (nSPS) is 12.5. The molecule has 1 aromatic heterocycles. The van der Waals surface area contributed by atoms with Gasteiger partial charge in [0.2, 0.25) is 0 Å². The first-order chi connectivity index (χ1) is 18.4. The molecule has 0 fully saturated rings. The summed E-state index contributed by atoms with van der Waals surface area (Å²) in [5.74, 6) is -2.60. The Morgan fingerprint density at radius 2 is 1.49 bits per heavy atom. The van der Waals surface area contributed by atoms with Crippen LogP contribution in [0.3, 0.4) is 0 Å². The summed E-state index contributed by atoms with van der Waals surface area (Å²) in [7, 11) is 1.55. The fraction of sp³-hybridized carbons (Fsp3) is 0.300. The number of aromatic nitrogens is 3. The average molecular weight is 535 g/mol. The number of esters is 1. The molecular formula is C30H32F2N4O3. The zero-order valence-electron chi connectivity index (χ0n) is 22.7. The molecule has 39 heavy (non-hydrogen) atoms. The first kappa shape index (κ1) is 27.9. The third-order valence-electron chi connectivity index (χ3n) is 6.28. The molecule has 0 spiro atoms. The Balaban J connectivity index is 1.70. The topological polar surface area (TPSA) is 69.4 Å². The summed E-state index contributed by atoms with van der Waals surface area (Å²) < 4.78 is 37.4. The molecule has 0 N–H and O–H groups in total. The molecule has 1 heterocycles. The first-order valence-corrected chi connectivity index (χ1v) is 12.6. The number of benzene rings is 3. The molecule has 0 saturated heterocycles. The van der Waals surface area contributed by atoms with Crippen LogP contribution in [-0.4, -0.2) is 30.8 Å². The van der Waals surface area contributed by atoms with Crippen LogP contribution in [0.1, 0.15) is 61.0 Å². The zero-order chi connectivity index (χ0) is 28.3. The molecule has 4 rings (SSSR count). The second kappa shape index (κ2) is 11.3. The molecule has 9 heteroatoms.